The second-order valence-electron chi connectivity index (χ2n) is 2.82. The molecule has 0 saturated heterocycles. The summed E-state index contributed by atoms with van der Waals surface area (Å²) < 4.78 is 0. The molecule has 0 N–H and O–H groups in total. The van der Waals surface area contributed by atoms with E-state index in [1.165, 1.54) is 11.3 Å². The topological polar surface area (TPSA) is 25.8 Å². The Morgan fingerprint density at radius 3 is 2.33 bits per heavy atom. The third-order valence-corrected chi connectivity index (χ3v) is 2.04. The summed E-state index contributed by atoms with van der Waals surface area (Å²) in [5.41, 5.74) is 2.50. The second kappa shape index (κ2) is 4.19. The van der Waals surface area contributed by atoms with Gasteiger partial charge >= 0.3 is 0 Å². The summed E-state index contributed by atoms with van der Waals surface area (Å²) in [4.78, 5) is 8.73. The highest BCUT2D eigenvalue weighted by molar-refractivity contribution is 5.17. The van der Waals surface area contributed by atoms with E-state index >= 15 is 0 Å². The lowest BCUT2D eigenvalue weighted by Gasteiger charge is -2.04. The summed E-state index contributed by atoms with van der Waals surface area (Å²) in [5, 5.41) is 0. The molecule has 0 amide bonds. The quantitative estimate of drug-likeness (QED) is 0.684. The van der Waals surface area contributed by atoms with Crippen molar-refractivity contribution in [3.63, 3.8) is 0 Å². The third kappa shape index (κ3) is 1.81. The van der Waals surface area contributed by atoms with Crippen LogP contribution in [0, 0.1) is 0 Å². The van der Waals surface area contributed by atoms with E-state index in [2.05, 4.69) is 30.7 Å². The average Bonchev–Trinajstić information content (AvgIpc) is 2.16. The molecule has 0 bridgehead atoms. The lowest BCUT2D eigenvalue weighted by Crippen LogP contribution is -2.01. The van der Waals surface area contributed by atoms with E-state index in [1.807, 2.05) is 6.20 Å². The van der Waals surface area contributed by atoms with Crippen molar-refractivity contribution in [2.24, 2.45) is 0 Å². The maximum Gasteiger partial charge on any atom is 0.128 e. The van der Waals surface area contributed by atoms with Crippen molar-refractivity contribution in [1.82, 2.24) is 9.97 Å². The minimum absolute atomic E-state index is 0.928. The predicted octanol–water partition coefficient (Wildman–Crippen LogP) is 2.16. The normalized spacial score (nSPS) is 10.2. The fourth-order valence-electron chi connectivity index (χ4n) is 1.26. The highest BCUT2D eigenvalue weighted by Crippen LogP contribution is 2.06. The Kier molecular flexibility index (Phi) is 3.20. The molecule has 2 nitrogen and oxygen atoms in total. The van der Waals surface area contributed by atoms with Crippen LogP contribution in [-0.2, 0) is 19.3 Å². The van der Waals surface area contributed by atoms with Gasteiger partial charge in [-0.15, -0.1) is 0 Å². The van der Waals surface area contributed by atoms with Crippen molar-refractivity contribution in [2.75, 3.05) is 0 Å². The van der Waals surface area contributed by atoms with E-state index in [0.717, 1.165) is 25.1 Å². The Morgan fingerprint density at radius 2 is 1.83 bits per heavy atom. The number of aryl methyl sites for hydroxylation is 3. The van der Waals surface area contributed by atoms with Gasteiger partial charge in [-0.2, -0.15) is 0 Å². The highest BCUT2D eigenvalue weighted by Gasteiger charge is 2.01. The van der Waals surface area contributed by atoms with E-state index in [9.17, 15) is 0 Å². The zero-order valence-electron chi connectivity index (χ0n) is 8.09. The van der Waals surface area contributed by atoms with E-state index in [-0.39, 0.29) is 0 Å². The molecule has 1 aromatic heterocycles. The molecule has 0 unspecified atom stereocenters. The Labute approximate surface area is 74.1 Å². The molecule has 0 aliphatic carbocycles. The molecule has 1 aromatic rings. The van der Waals surface area contributed by atoms with Crippen molar-refractivity contribution < 1.29 is 0 Å². The summed E-state index contributed by atoms with van der Waals surface area (Å²) in [6.07, 6.45) is 4.94. The summed E-state index contributed by atoms with van der Waals surface area (Å²) in [5.74, 6) is 0.962. The van der Waals surface area contributed by atoms with Gasteiger partial charge in [0.05, 0.1) is 0 Å². The van der Waals surface area contributed by atoms with E-state index in [0.29, 0.717) is 0 Å². The van der Waals surface area contributed by atoms with Crippen LogP contribution in [0.3, 0.4) is 0 Å². The number of rotatable bonds is 3. The van der Waals surface area contributed by atoms with Crippen LogP contribution < -0.4 is 0 Å². The van der Waals surface area contributed by atoms with E-state index in [4.69, 9.17) is 0 Å². The van der Waals surface area contributed by atoms with Crippen molar-refractivity contribution in [2.45, 2.75) is 40.0 Å². The molecule has 0 aliphatic rings. The largest absolute Gasteiger partial charge is 0.241 e. The number of hydrogen-bond donors (Lipinski definition) is 0. The van der Waals surface area contributed by atoms with Crippen LogP contribution >= 0.6 is 0 Å². The molecular formula is C10H16N2. The minimum Gasteiger partial charge on any atom is -0.241 e. The first kappa shape index (κ1) is 9.17. The van der Waals surface area contributed by atoms with Crippen molar-refractivity contribution in [3.8, 4) is 0 Å². The van der Waals surface area contributed by atoms with Crippen LogP contribution in [0.25, 0.3) is 0 Å². The zero-order chi connectivity index (χ0) is 8.97. The molecule has 0 spiro atoms. The van der Waals surface area contributed by atoms with Gasteiger partial charge < -0.3 is 0 Å². The van der Waals surface area contributed by atoms with Gasteiger partial charge in [-0.05, 0) is 18.4 Å². The fraction of sp³-hybridized carbons (Fsp3) is 0.600. The zero-order valence-corrected chi connectivity index (χ0v) is 8.09. The summed E-state index contributed by atoms with van der Waals surface area (Å²) in [6.45, 7) is 6.37. The molecule has 0 saturated carbocycles. The molecule has 1 rings (SSSR count). The van der Waals surface area contributed by atoms with Gasteiger partial charge in [0.2, 0.25) is 0 Å². The van der Waals surface area contributed by atoms with Gasteiger partial charge in [0.25, 0.3) is 0 Å². The van der Waals surface area contributed by atoms with E-state index in [1.54, 1.807) is 0 Å². The Bertz CT molecular complexity index is 256. The van der Waals surface area contributed by atoms with Gasteiger partial charge in [-0.3, -0.25) is 0 Å². The van der Waals surface area contributed by atoms with E-state index < -0.39 is 0 Å². The Hall–Kier alpha value is -0.920. The first-order chi connectivity index (χ1) is 5.81. The van der Waals surface area contributed by atoms with Crippen LogP contribution in [0.15, 0.2) is 6.20 Å². The smallest absolute Gasteiger partial charge is 0.128 e. The number of nitrogens with zero attached hydrogens (tertiary/aromatic N) is 2. The van der Waals surface area contributed by atoms with Crippen LogP contribution in [0.4, 0.5) is 0 Å². The highest BCUT2D eigenvalue weighted by atomic mass is 14.9. The lowest BCUT2D eigenvalue weighted by atomic mass is 10.1. The number of aromatic nitrogens is 2. The Balaban J connectivity index is 3.02. The van der Waals surface area contributed by atoms with Crippen LogP contribution in [-0.4, -0.2) is 9.97 Å². The van der Waals surface area contributed by atoms with Crippen molar-refractivity contribution in [1.29, 1.82) is 0 Å². The third-order valence-electron chi connectivity index (χ3n) is 2.04. The maximum absolute atomic E-state index is 4.47. The second-order valence-corrected chi connectivity index (χ2v) is 2.82. The fourth-order valence-corrected chi connectivity index (χ4v) is 1.26. The first-order valence-electron chi connectivity index (χ1n) is 4.65. The first-order valence-corrected chi connectivity index (χ1v) is 4.65. The standard InChI is InChI=1S/C10H16N2/c1-4-8-7-11-10(6-3)12-9(8)5-2/h7H,4-6H2,1-3H3. The molecule has 2 heteroatoms. The molecular weight excluding hydrogens is 148 g/mol. The van der Waals surface area contributed by atoms with Crippen LogP contribution in [0.1, 0.15) is 37.9 Å². The molecule has 0 fully saturated rings. The van der Waals surface area contributed by atoms with Gasteiger partial charge in [0.15, 0.2) is 0 Å². The van der Waals surface area contributed by atoms with Crippen molar-refractivity contribution in [3.05, 3.63) is 23.3 Å². The molecule has 66 valence electrons. The minimum atomic E-state index is 0.928. The average molecular weight is 164 g/mol. The molecule has 0 atom stereocenters. The van der Waals surface area contributed by atoms with Crippen LogP contribution in [0.5, 0.6) is 0 Å². The summed E-state index contributed by atoms with van der Waals surface area (Å²) in [6, 6.07) is 0. The molecule has 1 heterocycles. The lowest BCUT2D eigenvalue weighted by molar-refractivity contribution is 0.854. The van der Waals surface area contributed by atoms with Gasteiger partial charge in [-0.25, -0.2) is 9.97 Å². The molecule has 0 aromatic carbocycles. The van der Waals surface area contributed by atoms with Gasteiger partial charge in [0, 0.05) is 18.3 Å². The van der Waals surface area contributed by atoms with Crippen LogP contribution in [0.2, 0.25) is 0 Å². The SMILES string of the molecule is CCc1ncc(CC)c(CC)n1. The van der Waals surface area contributed by atoms with Crippen molar-refractivity contribution >= 4 is 0 Å². The van der Waals surface area contributed by atoms with Gasteiger partial charge in [0.1, 0.15) is 5.82 Å². The maximum atomic E-state index is 4.47. The molecule has 0 aliphatic heterocycles. The monoisotopic (exact) mass is 164 g/mol. The van der Waals surface area contributed by atoms with Gasteiger partial charge in [-0.1, -0.05) is 20.8 Å². The summed E-state index contributed by atoms with van der Waals surface area (Å²) >= 11 is 0. The molecule has 0 radical (unpaired) electrons. The predicted molar refractivity (Wildman–Crippen MR) is 50.2 cm³/mol. The number of hydrogen-bond acceptors (Lipinski definition) is 2. The Morgan fingerprint density at radius 1 is 1.08 bits per heavy atom. The summed E-state index contributed by atoms with van der Waals surface area (Å²) in [7, 11) is 0. The molecule has 12 heavy (non-hydrogen) atoms.